The zero-order valence-electron chi connectivity index (χ0n) is 16.1. The Morgan fingerprint density at radius 2 is 2.00 bits per heavy atom. The topological polar surface area (TPSA) is 69.6 Å². The monoisotopic (exact) mass is 392 g/mol. The summed E-state index contributed by atoms with van der Waals surface area (Å²) < 4.78 is 29.8. The van der Waals surface area contributed by atoms with Crippen molar-refractivity contribution in [2.45, 2.75) is 57.4 Å². The number of halogens is 2. The molecular formula is C20H26F2N4O2. The number of anilines is 2. The van der Waals surface area contributed by atoms with Gasteiger partial charge in [0.05, 0.1) is 0 Å². The fourth-order valence-electron chi connectivity index (χ4n) is 5.29. The molecule has 0 spiro atoms. The van der Waals surface area contributed by atoms with Crippen LogP contribution in [0.25, 0.3) is 0 Å². The molecule has 8 heteroatoms. The summed E-state index contributed by atoms with van der Waals surface area (Å²) in [6.45, 7) is 4.30. The molecule has 1 saturated carbocycles. The second kappa shape index (κ2) is 6.26. The first-order valence-corrected chi connectivity index (χ1v) is 10.4. The van der Waals surface area contributed by atoms with E-state index >= 15 is 0 Å². The lowest BCUT2D eigenvalue weighted by molar-refractivity contribution is -0.137. The molecule has 2 unspecified atom stereocenters. The molecule has 0 radical (unpaired) electrons. The van der Waals surface area contributed by atoms with Gasteiger partial charge in [-0.25, -0.2) is 4.98 Å². The minimum absolute atomic E-state index is 0.0771. The highest BCUT2D eigenvalue weighted by atomic mass is 19.3. The number of hydrogen-bond donors (Lipinski definition) is 1. The van der Waals surface area contributed by atoms with Crippen LogP contribution in [0, 0.1) is 17.8 Å². The molecule has 4 atom stereocenters. The van der Waals surface area contributed by atoms with Crippen LogP contribution in [0.1, 0.15) is 50.3 Å². The number of aromatic nitrogens is 2. The van der Waals surface area contributed by atoms with Crippen molar-refractivity contribution in [3.63, 3.8) is 0 Å². The predicted molar refractivity (Wildman–Crippen MR) is 99.8 cm³/mol. The van der Waals surface area contributed by atoms with Crippen LogP contribution in [0.5, 0.6) is 0 Å². The summed E-state index contributed by atoms with van der Waals surface area (Å²) in [5, 5.41) is 9.04. The fourth-order valence-corrected chi connectivity index (χ4v) is 5.29. The van der Waals surface area contributed by atoms with Gasteiger partial charge in [0.2, 0.25) is 5.95 Å². The molecule has 1 aromatic heterocycles. The van der Waals surface area contributed by atoms with E-state index in [0.717, 1.165) is 19.4 Å². The Hall–Kier alpha value is -1.99. The summed E-state index contributed by atoms with van der Waals surface area (Å²) in [6, 6.07) is 0.275. The lowest BCUT2D eigenvalue weighted by atomic mass is 10.0. The molecule has 152 valence electrons. The molecule has 1 aromatic rings. The van der Waals surface area contributed by atoms with Gasteiger partial charge in [-0.3, -0.25) is 4.79 Å². The summed E-state index contributed by atoms with van der Waals surface area (Å²) in [6.07, 6.45) is 2.87. The summed E-state index contributed by atoms with van der Waals surface area (Å²) in [4.78, 5) is 24.3. The van der Waals surface area contributed by atoms with Gasteiger partial charge in [0.15, 0.2) is 0 Å². The second-order valence-electron chi connectivity index (χ2n) is 8.91. The molecule has 2 aliphatic carbocycles. The zero-order valence-corrected chi connectivity index (χ0v) is 16.1. The molecule has 2 saturated heterocycles. The molecule has 1 N–H and O–H groups in total. The van der Waals surface area contributed by atoms with Gasteiger partial charge in [0, 0.05) is 44.1 Å². The van der Waals surface area contributed by atoms with Gasteiger partial charge in [-0.15, -0.1) is 0 Å². The van der Waals surface area contributed by atoms with Crippen LogP contribution in [0.15, 0.2) is 0 Å². The van der Waals surface area contributed by atoms with Crippen molar-refractivity contribution in [3.8, 4) is 0 Å². The highest BCUT2D eigenvalue weighted by Gasteiger charge is 2.57. The first-order valence-electron chi connectivity index (χ1n) is 10.4. The number of piperidine rings is 1. The SMILES string of the molecule is CC1CCN1c1nc(N2C[C@@H]3C(CC(=O)O)[C@@H]3C2)c2c(n1)C(F)(F)CCCC2. The van der Waals surface area contributed by atoms with Crippen LogP contribution in [-0.2, 0) is 17.1 Å². The molecule has 0 bridgehead atoms. The summed E-state index contributed by atoms with van der Waals surface area (Å²) in [7, 11) is 0. The smallest absolute Gasteiger partial charge is 0.303 e. The van der Waals surface area contributed by atoms with Crippen LogP contribution in [0.4, 0.5) is 20.5 Å². The van der Waals surface area contributed by atoms with Gasteiger partial charge in [0.1, 0.15) is 11.5 Å². The fraction of sp³-hybridized carbons (Fsp3) is 0.750. The number of alkyl halides is 2. The number of carbonyl (C=O) groups is 1. The first-order chi connectivity index (χ1) is 13.3. The Morgan fingerprint density at radius 3 is 2.61 bits per heavy atom. The molecule has 28 heavy (non-hydrogen) atoms. The third-order valence-corrected chi connectivity index (χ3v) is 7.15. The standard InChI is InChI=1S/C20H26F2N4O2/c1-11-5-7-26(11)19-23-17-12(4-2-3-6-20(17,21)22)18(24-19)25-9-14-13(8-16(27)28)15(14)10-25/h11,13-15H,2-10H2,1H3,(H,27,28)/t11?,13?,14-,15+. The summed E-state index contributed by atoms with van der Waals surface area (Å²) in [5.41, 5.74) is 0.530. The van der Waals surface area contributed by atoms with Crippen molar-refractivity contribution < 1.29 is 18.7 Å². The second-order valence-corrected chi connectivity index (χ2v) is 8.91. The van der Waals surface area contributed by atoms with E-state index in [2.05, 4.69) is 16.8 Å². The number of aliphatic carboxylic acids is 1. The molecule has 5 rings (SSSR count). The van der Waals surface area contributed by atoms with Gasteiger partial charge in [-0.2, -0.15) is 13.8 Å². The van der Waals surface area contributed by atoms with Gasteiger partial charge in [0.25, 0.3) is 5.92 Å². The van der Waals surface area contributed by atoms with E-state index in [4.69, 9.17) is 10.1 Å². The molecule has 0 aromatic carbocycles. The Labute approximate surface area is 162 Å². The third-order valence-electron chi connectivity index (χ3n) is 7.15. The highest BCUT2D eigenvalue weighted by molar-refractivity contribution is 5.68. The molecule has 0 amide bonds. The Bertz CT molecular complexity index is 806. The predicted octanol–water partition coefficient (Wildman–Crippen LogP) is 3.05. The molecule has 4 aliphatic rings. The zero-order chi connectivity index (χ0) is 19.6. The van der Waals surface area contributed by atoms with Crippen LogP contribution in [0.2, 0.25) is 0 Å². The maximum atomic E-state index is 14.9. The van der Waals surface area contributed by atoms with E-state index < -0.39 is 11.9 Å². The Kier molecular flexibility index (Phi) is 4.04. The summed E-state index contributed by atoms with van der Waals surface area (Å²) in [5.74, 6) is -1.65. The van der Waals surface area contributed by atoms with E-state index in [-0.39, 0.29) is 30.5 Å². The van der Waals surface area contributed by atoms with Crippen molar-refractivity contribution in [3.05, 3.63) is 11.3 Å². The van der Waals surface area contributed by atoms with Gasteiger partial charge in [-0.1, -0.05) is 0 Å². The molecule has 3 fully saturated rings. The van der Waals surface area contributed by atoms with Gasteiger partial charge < -0.3 is 14.9 Å². The number of nitrogens with zero attached hydrogens (tertiary/aromatic N) is 4. The Balaban J connectivity index is 1.49. The number of carboxylic acids is 1. The average molecular weight is 392 g/mol. The first kappa shape index (κ1) is 18.1. The van der Waals surface area contributed by atoms with Crippen molar-refractivity contribution >= 4 is 17.7 Å². The number of rotatable bonds is 4. The van der Waals surface area contributed by atoms with Crippen molar-refractivity contribution in [1.82, 2.24) is 9.97 Å². The van der Waals surface area contributed by atoms with E-state index in [1.165, 1.54) is 0 Å². The van der Waals surface area contributed by atoms with E-state index in [1.54, 1.807) is 0 Å². The molecule has 2 aliphatic heterocycles. The van der Waals surface area contributed by atoms with E-state index in [0.29, 0.717) is 55.1 Å². The minimum atomic E-state index is -2.92. The van der Waals surface area contributed by atoms with E-state index in [9.17, 15) is 13.6 Å². The van der Waals surface area contributed by atoms with Crippen LogP contribution in [0.3, 0.4) is 0 Å². The minimum Gasteiger partial charge on any atom is -0.481 e. The quantitative estimate of drug-likeness (QED) is 0.795. The largest absolute Gasteiger partial charge is 0.481 e. The maximum absolute atomic E-state index is 14.9. The van der Waals surface area contributed by atoms with Gasteiger partial charge >= 0.3 is 5.97 Å². The van der Waals surface area contributed by atoms with Crippen LogP contribution in [-0.4, -0.2) is 46.7 Å². The maximum Gasteiger partial charge on any atom is 0.303 e. The normalized spacial score (nSPS) is 33.0. The number of fused-ring (bicyclic) bond motifs is 2. The van der Waals surface area contributed by atoms with Crippen molar-refractivity contribution in [2.24, 2.45) is 17.8 Å². The van der Waals surface area contributed by atoms with E-state index in [1.807, 2.05) is 4.90 Å². The van der Waals surface area contributed by atoms with Crippen molar-refractivity contribution in [2.75, 3.05) is 29.4 Å². The van der Waals surface area contributed by atoms with Crippen molar-refractivity contribution in [1.29, 1.82) is 0 Å². The third kappa shape index (κ3) is 2.83. The average Bonchev–Trinajstić information content (AvgIpc) is 3.10. The summed E-state index contributed by atoms with van der Waals surface area (Å²) >= 11 is 0. The number of carboxylic acid groups (broad SMARTS) is 1. The van der Waals surface area contributed by atoms with Crippen LogP contribution < -0.4 is 9.80 Å². The van der Waals surface area contributed by atoms with Gasteiger partial charge in [-0.05, 0) is 50.4 Å². The lowest BCUT2D eigenvalue weighted by Crippen LogP contribution is -2.47. The number of hydrogen-bond acceptors (Lipinski definition) is 5. The van der Waals surface area contributed by atoms with Crippen LogP contribution >= 0.6 is 0 Å². The molecule has 3 heterocycles. The highest BCUT2D eigenvalue weighted by Crippen LogP contribution is 2.55. The molecule has 6 nitrogen and oxygen atoms in total. The Morgan fingerprint density at radius 1 is 1.25 bits per heavy atom. The lowest BCUT2D eigenvalue weighted by Gasteiger charge is -2.39. The molecular weight excluding hydrogens is 366 g/mol.